The third kappa shape index (κ3) is 2.15. The van der Waals surface area contributed by atoms with Gasteiger partial charge in [-0.05, 0) is 37.3 Å². The number of benzene rings is 1. The summed E-state index contributed by atoms with van der Waals surface area (Å²) in [6.45, 7) is 1.97. The Morgan fingerprint density at radius 3 is 2.64 bits per heavy atom. The fourth-order valence-corrected chi connectivity index (χ4v) is 2.48. The highest BCUT2D eigenvalue weighted by molar-refractivity contribution is 5.73. The van der Waals surface area contributed by atoms with E-state index in [1.807, 2.05) is 35.6 Å². The summed E-state index contributed by atoms with van der Waals surface area (Å²) < 4.78 is 12.6. The number of imidazole rings is 1. The molecule has 0 aliphatic heterocycles. The van der Waals surface area contributed by atoms with Crippen molar-refractivity contribution in [2.45, 2.75) is 6.92 Å². The van der Waals surface area contributed by atoms with E-state index in [4.69, 9.17) is 14.7 Å². The van der Waals surface area contributed by atoms with Crippen LogP contribution in [0.15, 0.2) is 36.5 Å². The third-order valence-electron chi connectivity index (χ3n) is 3.65. The number of methoxy groups -OCH3 is 2. The topological polar surface area (TPSA) is 59.5 Å². The average Bonchev–Trinajstić information content (AvgIpc) is 2.90. The Labute approximate surface area is 128 Å². The number of hydrogen-bond acceptors (Lipinski definition) is 4. The van der Waals surface area contributed by atoms with E-state index in [1.165, 1.54) is 0 Å². The van der Waals surface area contributed by atoms with Gasteiger partial charge >= 0.3 is 0 Å². The van der Waals surface area contributed by atoms with Gasteiger partial charge in [-0.25, -0.2) is 4.98 Å². The molecule has 2 heterocycles. The minimum atomic E-state index is 0.595. The number of pyridine rings is 1. The van der Waals surface area contributed by atoms with Gasteiger partial charge in [0.1, 0.15) is 23.2 Å². The quantitative estimate of drug-likeness (QED) is 0.744. The Hall–Kier alpha value is -3.00. The van der Waals surface area contributed by atoms with Crippen LogP contribution in [0.2, 0.25) is 0 Å². The second-order valence-electron chi connectivity index (χ2n) is 4.87. The molecule has 110 valence electrons. The molecule has 5 nitrogen and oxygen atoms in total. The van der Waals surface area contributed by atoms with Crippen LogP contribution in [-0.4, -0.2) is 23.6 Å². The average molecular weight is 293 g/mol. The number of hydrogen-bond donors (Lipinski definition) is 0. The summed E-state index contributed by atoms with van der Waals surface area (Å²) in [4.78, 5) is 4.66. The lowest BCUT2D eigenvalue weighted by Crippen LogP contribution is -1.92. The Kier molecular flexibility index (Phi) is 3.43. The molecule has 0 saturated heterocycles. The zero-order valence-electron chi connectivity index (χ0n) is 12.6. The molecular weight excluding hydrogens is 278 g/mol. The van der Waals surface area contributed by atoms with Crippen molar-refractivity contribution < 1.29 is 9.47 Å². The van der Waals surface area contributed by atoms with Crippen molar-refractivity contribution in [2.24, 2.45) is 0 Å². The van der Waals surface area contributed by atoms with Gasteiger partial charge in [-0.2, -0.15) is 5.26 Å². The number of ether oxygens (including phenoxy) is 2. The van der Waals surface area contributed by atoms with Gasteiger partial charge < -0.3 is 13.9 Å². The van der Waals surface area contributed by atoms with E-state index >= 15 is 0 Å². The summed E-state index contributed by atoms with van der Waals surface area (Å²) in [5.41, 5.74) is 4.00. The molecule has 0 fully saturated rings. The highest BCUT2D eigenvalue weighted by Gasteiger charge is 2.15. The van der Waals surface area contributed by atoms with Gasteiger partial charge in [-0.15, -0.1) is 0 Å². The highest BCUT2D eigenvalue weighted by Crippen LogP contribution is 2.35. The van der Waals surface area contributed by atoms with Crippen LogP contribution >= 0.6 is 0 Å². The number of aryl methyl sites for hydroxylation is 1. The van der Waals surface area contributed by atoms with E-state index < -0.39 is 0 Å². The zero-order chi connectivity index (χ0) is 15.7. The number of rotatable bonds is 3. The van der Waals surface area contributed by atoms with Gasteiger partial charge in [0.2, 0.25) is 0 Å². The molecule has 0 bridgehead atoms. The lowest BCUT2D eigenvalue weighted by Gasteiger charge is -2.09. The molecule has 0 unspecified atom stereocenters. The molecular formula is C17H15N3O2. The number of nitrogens with zero attached hydrogens (tertiary/aromatic N) is 3. The third-order valence-corrected chi connectivity index (χ3v) is 3.65. The van der Waals surface area contributed by atoms with Gasteiger partial charge in [0.25, 0.3) is 0 Å². The van der Waals surface area contributed by atoms with Gasteiger partial charge in [-0.1, -0.05) is 0 Å². The summed E-state index contributed by atoms with van der Waals surface area (Å²) in [5, 5.41) is 9.04. The number of nitriles is 1. The van der Waals surface area contributed by atoms with Crippen molar-refractivity contribution in [1.82, 2.24) is 9.38 Å². The van der Waals surface area contributed by atoms with E-state index in [-0.39, 0.29) is 0 Å². The van der Waals surface area contributed by atoms with Gasteiger partial charge in [0.05, 0.1) is 25.5 Å². The highest BCUT2D eigenvalue weighted by atomic mass is 16.5. The minimum absolute atomic E-state index is 0.595. The molecule has 2 aromatic heterocycles. The molecule has 5 heteroatoms. The van der Waals surface area contributed by atoms with Gasteiger partial charge in [0.15, 0.2) is 0 Å². The molecule has 1 aromatic carbocycles. The maximum atomic E-state index is 9.04. The lowest BCUT2D eigenvalue weighted by atomic mass is 10.1. The van der Waals surface area contributed by atoms with Crippen LogP contribution < -0.4 is 9.47 Å². The lowest BCUT2D eigenvalue weighted by molar-refractivity contribution is 0.404. The van der Waals surface area contributed by atoms with Crippen LogP contribution in [0.3, 0.4) is 0 Å². The summed E-state index contributed by atoms with van der Waals surface area (Å²) in [7, 11) is 3.26. The molecule has 0 spiro atoms. The monoisotopic (exact) mass is 293 g/mol. The predicted octanol–water partition coefficient (Wildman–Crippen LogP) is 3.20. The van der Waals surface area contributed by atoms with Crippen molar-refractivity contribution in [3.8, 4) is 28.8 Å². The summed E-state index contributed by atoms with van der Waals surface area (Å²) >= 11 is 0. The van der Waals surface area contributed by atoms with E-state index in [0.29, 0.717) is 5.56 Å². The Balaban J connectivity index is 2.26. The molecule has 0 amide bonds. The molecule has 0 aliphatic rings. The molecule has 0 saturated carbocycles. The van der Waals surface area contributed by atoms with Gasteiger partial charge in [-0.3, -0.25) is 0 Å². The van der Waals surface area contributed by atoms with E-state index in [0.717, 1.165) is 34.1 Å². The molecule has 0 radical (unpaired) electrons. The first-order valence-corrected chi connectivity index (χ1v) is 6.79. The van der Waals surface area contributed by atoms with Gasteiger partial charge in [0, 0.05) is 17.5 Å². The molecule has 3 aromatic rings. The second kappa shape index (κ2) is 5.41. The summed E-state index contributed by atoms with van der Waals surface area (Å²) in [6, 6.07) is 11.3. The summed E-state index contributed by atoms with van der Waals surface area (Å²) in [6.07, 6.45) is 1.79. The van der Waals surface area contributed by atoms with E-state index in [9.17, 15) is 0 Å². The minimum Gasteiger partial charge on any atom is -0.497 e. The molecule has 0 atom stereocenters. The first-order valence-electron chi connectivity index (χ1n) is 6.79. The molecule has 3 rings (SSSR count). The summed E-state index contributed by atoms with van der Waals surface area (Å²) in [5.74, 6) is 1.47. The van der Waals surface area contributed by atoms with Crippen molar-refractivity contribution in [3.05, 3.63) is 47.8 Å². The van der Waals surface area contributed by atoms with Crippen molar-refractivity contribution >= 4 is 5.65 Å². The first-order chi connectivity index (χ1) is 10.7. The maximum absolute atomic E-state index is 9.04. The number of aromatic nitrogens is 2. The molecule has 22 heavy (non-hydrogen) atoms. The van der Waals surface area contributed by atoms with Crippen molar-refractivity contribution in [3.63, 3.8) is 0 Å². The smallest absolute Gasteiger partial charge is 0.137 e. The molecule has 0 aliphatic carbocycles. The van der Waals surface area contributed by atoms with Crippen LogP contribution in [0, 0.1) is 18.3 Å². The maximum Gasteiger partial charge on any atom is 0.137 e. The predicted molar refractivity (Wildman–Crippen MR) is 83.2 cm³/mol. The fraction of sp³-hybridized carbons (Fsp3) is 0.176. The Morgan fingerprint density at radius 2 is 1.95 bits per heavy atom. The largest absolute Gasteiger partial charge is 0.497 e. The fourth-order valence-electron chi connectivity index (χ4n) is 2.48. The Bertz CT molecular complexity index is 891. The second-order valence-corrected chi connectivity index (χ2v) is 4.87. The van der Waals surface area contributed by atoms with Crippen molar-refractivity contribution in [1.29, 1.82) is 5.26 Å². The standard InChI is InChI=1S/C17H15N3O2/c1-11-17(14-8-13(21-2)5-6-15(14)22-3)19-16-7-4-12(9-18)10-20(11)16/h4-8,10H,1-3H3. The Morgan fingerprint density at radius 1 is 1.14 bits per heavy atom. The van der Waals surface area contributed by atoms with Crippen LogP contribution in [0.25, 0.3) is 16.9 Å². The van der Waals surface area contributed by atoms with E-state index in [2.05, 4.69) is 11.1 Å². The SMILES string of the molecule is COc1ccc(OC)c(-c2nc3ccc(C#N)cn3c2C)c1. The van der Waals surface area contributed by atoms with Crippen LogP contribution in [-0.2, 0) is 0 Å². The van der Waals surface area contributed by atoms with Crippen molar-refractivity contribution in [2.75, 3.05) is 14.2 Å². The van der Waals surface area contributed by atoms with E-state index in [1.54, 1.807) is 26.5 Å². The molecule has 0 N–H and O–H groups in total. The zero-order valence-corrected chi connectivity index (χ0v) is 12.6. The van der Waals surface area contributed by atoms with Crippen LogP contribution in [0.4, 0.5) is 0 Å². The number of fused-ring (bicyclic) bond motifs is 1. The first kappa shape index (κ1) is 14.0. The normalized spacial score (nSPS) is 10.5. The van der Waals surface area contributed by atoms with Crippen LogP contribution in [0.5, 0.6) is 11.5 Å². The van der Waals surface area contributed by atoms with Crippen LogP contribution in [0.1, 0.15) is 11.3 Å².